The molecule has 2 heterocycles. The van der Waals surface area contributed by atoms with Gasteiger partial charge in [-0.3, -0.25) is 9.59 Å². The minimum Gasteiger partial charge on any atom is -0.384 e. The van der Waals surface area contributed by atoms with Gasteiger partial charge >= 0.3 is 0 Å². The smallest absolute Gasteiger partial charge is 0.256 e. The van der Waals surface area contributed by atoms with E-state index in [1.54, 1.807) is 0 Å². The average Bonchev–Trinajstić information content (AvgIpc) is 2.31. The van der Waals surface area contributed by atoms with E-state index in [0.29, 0.717) is 13.1 Å². The molecule has 1 saturated heterocycles. The Bertz CT molecular complexity index is 477. The van der Waals surface area contributed by atoms with Crippen molar-refractivity contribution in [3.05, 3.63) is 22.8 Å². The van der Waals surface area contributed by atoms with Crippen molar-refractivity contribution in [3.63, 3.8) is 0 Å². The molecule has 1 aliphatic heterocycles. The molecule has 0 spiro atoms. The van der Waals surface area contributed by atoms with Gasteiger partial charge in [-0.25, -0.2) is 4.98 Å². The highest BCUT2D eigenvalue weighted by Gasteiger charge is 2.24. The van der Waals surface area contributed by atoms with Gasteiger partial charge in [-0.2, -0.15) is 0 Å². The zero-order valence-electron chi connectivity index (χ0n) is 8.94. The van der Waals surface area contributed by atoms with Crippen LogP contribution in [0.5, 0.6) is 0 Å². The third-order valence-corrected chi connectivity index (χ3v) is 2.73. The van der Waals surface area contributed by atoms with E-state index in [2.05, 4.69) is 10.3 Å². The molecule has 0 aromatic carbocycles. The molecule has 0 unspecified atom stereocenters. The van der Waals surface area contributed by atoms with Crippen LogP contribution < -0.4 is 11.1 Å². The SMILES string of the molecule is Nc1cc(C(=O)N2CCNC(=O)C2)c(Cl)cn1. The van der Waals surface area contributed by atoms with Gasteiger partial charge in [0.1, 0.15) is 5.82 Å². The van der Waals surface area contributed by atoms with E-state index in [1.807, 2.05) is 0 Å². The quantitative estimate of drug-likeness (QED) is 0.732. The largest absolute Gasteiger partial charge is 0.384 e. The number of nitrogens with two attached hydrogens (primary N) is 1. The van der Waals surface area contributed by atoms with E-state index < -0.39 is 0 Å². The molecule has 2 amide bonds. The second kappa shape index (κ2) is 4.58. The first kappa shape index (κ1) is 11.7. The number of nitrogens with one attached hydrogen (secondary N) is 1. The minimum absolute atomic E-state index is 0.0391. The van der Waals surface area contributed by atoms with Crippen LogP contribution in [-0.2, 0) is 4.79 Å². The summed E-state index contributed by atoms with van der Waals surface area (Å²) in [6, 6.07) is 1.41. The first-order chi connectivity index (χ1) is 8.08. The van der Waals surface area contributed by atoms with E-state index in [-0.39, 0.29) is 34.8 Å². The fourth-order valence-electron chi connectivity index (χ4n) is 1.60. The molecule has 90 valence electrons. The Kier molecular flexibility index (Phi) is 3.14. The topological polar surface area (TPSA) is 88.3 Å². The minimum atomic E-state index is -0.307. The number of nitrogen functional groups attached to an aromatic ring is 1. The first-order valence-electron chi connectivity index (χ1n) is 5.05. The first-order valence-corrected chi connectivity index (χ1v) is 5.42. The fourth-order valence-corrected chi connectivity index (χ4v) is 1.79. The van der Waals surface area contributed by atoms with Crippen LogP contribution in [0.25, 0.3) is 0 Å². The fraction of sp³-hybridized carbons (Fsp3) is 0.300. The van der Waals surface area contributed by atoms with Crippen LogP contribution in [0, 0.1) is 0 Å². The highest BCUT2D eigenvalue weighted by Crippen LogP contribution is 2.18. The number of amides is 2. The van der Waals surface area contributed by atoms with Crippen LogP contribution >= 0.6 is 11.6 Å². The van der Waals surface area contributed by atoms with Gasteiger partial charge in [0.25, 0.3) is 5.91 Å². The molecule has 6 nitrogen and oxygen atoms in total. The predicted octanol–water partition coefficient (Wildman–Crippen LogP) is -0.111. The maximum atomic E-state index is 12.1. The maximum Gasteiger partial charge on any atom is 0.256 e. The summed E-state index contributed by atoms with van der Waals surface area (Å²) in [5, 5.41) is 2.87. The third kappa shape index (κ3) is 2.47. The Morgan fingerprint density at radius 2 is 2.35 bits per heavy atom. The summed E-state index contributed by atoms with van der Waals surface area (Å²) in [6.07, 6.45) is 1.33. The summed E-state index contributed by atoms with van der Waals surface area (Å²) in [5.41, 5.74) is 5.77. The van der Waals surface area contributed by atoms with Gasteiger partial charge < -0.3 is 16.0 Å². The van der Waals surface area contributed by atoms with Gasteiger partial charge in [0.05, 0.1) is 17.1 Å². The number of rotatable bonds is 1. The number of pyridine rings is 1. The van der Waals surface area contributed by atoms with E-state index >= 15 is 0 Å². The lowest BCUT2D eigenvalue weighted by Crippen LogP contribution is -2.50. The van der Waals surface area contributed by atoms with Gasteiger partial charge in [0.2, 0.25) is 5.91 Å². The number of carbonyl (C=O) groups excluding carboxylic acids is 2. The number of nitrogens with zero attached hydrogens (tertiary/aromatic N) is 2. The van der Waals surface area contributed by atoms with Crippen LogP contribution in [-0.4, -0.2) is 41.3 Å². The van der Waals surface area contributed by atoms with Gasteiger partial charge in [0, 0.05) is 19.3 Å². The van der Waals surface area contributed by atoms with E-state index in [1.165, 1.54) is 17.2 Å². The third-order valence-electron chi connectivity index (χ3n) is 2.43. The second-order valence-corrected chi connectivity index (χ2v) is 4.07. The van der Waals surface area contributed by atoms with Crippen LogP contribution in [0.3, 0.4) is 0 Å². The van der Waals surface area contributed by atoms with E-state index in [9.17, 15) is 9.59 Å². The van der Waals surface area contributed by atoms with Crippen molar-refractivity contribution in [1.29, 1.82) is 0 Å². The van der Waals surface area contributed by atoms with Gasteiger partial charge in [0.15, 0.2) is 0 Å². The molecule has 1 aromatic heterocycles. The maximum absolute atomic E-state index is 12.1. The Morgan fingerprint density at radius 1 is 1.59 bits per heavy atom. The van der Waals surface area contributed by atoms with Crippen molar-refractivity contribution in [2.75, 3.05) is 25.4 Å². The highest BCUT2D eigenvalue weighted by atomic mass is 35.5. The molecule has 0 bridgehead atoms. The Balaban J connectivity index is 2.24. The van der Waals surface area contributed by atoms with Crippen molar-refractivity contribution >= 4 is 29.2 Å². The normalized spacial score (nSPS) is 15.6. The molecule has 0 aliphatic carbocycles. The molecule has 2 rings (SSSR count). The number of hydrogen-bond acceptors (Lipinski definition) is 4. The Morgan fingerprint density at radius 3 is 3.06 bits per heavy atom. The van der Waals surface area contributed by atoms with Gasteiger partial charge in [-0.15, -0.1) is 0 Å². The van der Waals surface area contributed by atoms with Crippen molar-refractivity contribution in [2.45, 2.75) is 0 Å². The van der Waals surface area contributed by atoms with Crippen molar-refractivity contribution in [2.24, 2.45) is 0 Å². The number of carbonyl (C=O) groups is 2. The van der Waals surface area contributed by atoms with Gasteiger partial charge in [-0.05, 0) is 6.07 Å². The van der Waals surface area contributed by atoms with Gasteiger partial charge in [-0.1, -0.05) is 11.6 Å². The van der Waals surface area contributed by atoms with Crippen molar-refractivity contribution in [1.82, 2.24) is 15.2 Å². The molecule has 1 aliphatic rings. The summed E-state index contributed by atoms with van der Waals surface area (Å²) in [6.45, 7) is 0.948. The Hall–Kier alpha value is -1.82. The summed E-state index contributed by atoms with van der Waals surface area (Å²) in [7, 11) is 0. The number of halogens is 1. The standard InChI is InChI=1S/C10H11ClN4O2/c11-7-4-14-8(12)3-6(7)10(17)15-2-1-13-9(16)5-15/h3-4H,1-2,5H2,(H2,12,14)(H,13,16). The zero-order chi connectivity index (χ0) is 12.4. The van der Waals surface area contributed by atoms with Crippen LogP contribution in [0.4, 0.5) is 5.82 Å². The monoisotopic (exact) mass is 254 g/mol. The number of aromatic nitrogens is 1. The highest BCUT2D eigenvalue weighted by molar-refractivity contribution is 6.33. The van der Waals surface area contributed by atoms with E-state index in [4.69, 9.17) is 17.3 Å². The van der Waals surface area contributed by atoms with Crippen molar-refractivity contribution < 1.29 is 9.59 Å². The number of anilines is 1. The van der Waals surface area contributed by atoms with E-state index in [0.717, 1.165) is 0 Å². The molecular formula is C10H11ClN4O2. The number of piperazine rings is 1. The predicted molar refractivity (Wildman–Crippen MR) is 62.6 cm³/mol. The second-order valence-electron chi connectivity index (χ2n) is 3.67. The lowest BCUT2D eigenvalue weighted by atomic mass is 10.2. The summed E-state index contributed by atoms with van der Waals surface area (Å²) in [5.74, 6) is -0.263. The molecule has 1 aromatic rings. The summed E-state index contributed by atoms with van der Waals surface area (Å²) < 4.78 is 0. The van der Waals surface area contributed by atoms with Crippen LogP contribution in [0.1, 0.15) is 10.4 Å². The molecule has 0 saturated carbocycles. The van der Waals surface area contributed by atoms with Crippen molar-refractivity contribution in [3.8, 4) is 0 Å². The lowest BCUT2D eigenvalue weighted by Gasteiger charge is -2.26. The number of hydrogen-bond donors (Lipinski definition) is 2. The molecule has 3 N–H and O–H groups in total. The molecular weight excluding hydrogens is 244 g/mol. The summed E-state index contributed by atoms with van der Waals surface area (Å²) >= 11 is 5.88. The molecule has 1 fully saturated rings. The zero-order valence-corrected chi connectivity index (χ0v) is 9.70. The molecule has 0 atom stereocenters. The van der Waals surface area contributed by atoms with Crippen LogP contribution in [0.15, 0.2) is 12.3 Å². The molecule has 17 heavy (non-hydrogen) atoms. The lowest BCUT2D eigenvalue weighted by molar-refractivity contribution is -0.123. The molecule has 0 radical (unpaired) electrons. The molecule has 7 heteroatoms. The van der Waals surface area contributed by atoms with Crippen LogP contribution in [0.2, 0.25) is 5.02 Å². The summed E-state index contributed by atoms with van der Waals surface area (Å²) in [4.78, 5) is 28.5. The average molecular weight is 255 g/mol. The Labute approximate surface area is 103 Å².